The number of carbonyl (C=O) groups excluding carboxylic acids is 1. The van der Waals surface area contributed by atoms with Crippen LogP contribution in [0.25, 0.3) is 0 Å². The van der Waals surface area contributed by atoms with E-state index < -0.39 is 16.1 Å². The van der Waals surface area contributed by atoms with Gasteiger partial charge in [0.15, 0.2) is 0 Å². The number of hydrogen-bond donors (Lipinski definition) is 1. The van der Waals surface area contributed by atoms with Crippen molar-refractivity contribution in [2.45, 2.75) is 19.4 Å². The number of nitrogens with one attached hydrogen (secondary N) is 1. The van der Waals surface area contributed by atoms with Gasteiger partial charge in [-0.3, -0.25) is 4.79 Å². The number of amides is 1. The molecule has 1 amide bonds. The summed E-state index contributed by atoms with van der Waals surface area (Å²) in [6, 6.07) is 0. The second-order valence-electron chi connectivity index (χ2n) is 2.78. The van der Waals surface area contributed by atoms with Crippen LogP contribution < -0.4 is 34.9 Å². The normalized spacial score (nSPS) is 8.50. The van der Waals surface area contributed by atoms with Gasteiger partial charge in [-0.25, -0.2) is 0 Å². The molecule has 0 bridgehead atoms. The molecule has 0 aliphatic rings. The number of hydrogen-bond acceptors (Lipinski definition) is 4. The maximum Gasteiger partial charge on any atom is 1.00 e. The minimum Gasteiger partial charge on any atom is -0.377 e. The summed E-state index contributed by atoms with van der Waals surface area (Å²) >= 11 is 0. The zero-order chi connectivity index (χ0) is 11.1. The molecular weight excluding hydrogens is 217 g/mol. The molecule has 0 rings (SSSR count). The molecule has 0 radical (unpaired) electrons. The fourth-order valence-electron chi connectivity index (χ4n) is 0.385. The minimum absolute atomic E-state index is 0. The molecular formula is C7H12NNaO4S. The summed E-state index contributed by atoms with van der Waals surface area (Å²) in [7, 11) is -3.11. The largest absolute Gasteiger partial charge is 1.00 e. The third-order valence-corrected chi connectivity index (χ3v) is 0.647. The standard InChI is InChI=1S/C7H12NO.Na.O3S/c1-5-6(9)8-7(2,3)4;;1-4(2)3/h5H,1-2H2,3-4H3,(H,8,9);;/q-1;+1;. The summed E-state index contributed by atoms with van der Waals surface area (Å²) in [5.41, 5.74) is -0.398. The third kappa shape index (κ3) is 29.7. The summed E-state index contributed by atoms with van der Waals surface area (Å²) in [6.45, 7) is 10.6. The number of carbonyl (C=O) groups is 1. The molecule has 0 aromatic carbocycles. The molecule has 0 saturated carbocycles. The molecule has 14 heavy (non-hydrogen) atoms. The second kappa shape index (κ2) is 9.39. The van der Waals surface area contributed by atoms with Gasteiger partial charge in [-0.2, -0.15) is 0 Å². The Balaban J connectivity index is -0.000000209. The summed E-state index contributed by atoms with van der Waals surface area (Å²) in [5, 5.41) is 2.60. The quantitative estimate of drug-likeness (QED) is 0.309. The molecule has 5 nitrogen and oxygen atoms in total. The molecule has 0 fully saturated rings. The van der Waals surface area contributed by atoms with Crippen molar-refractivity contribution in [3.63, 3.8) is 0 Å². The van der Waals surface area contributed by atoms with Crippen molar-refractivity contribution in [2.24, 2.45) is 0 Å². The van der Waals surface area contributed by atoms with Gasteiger partial charge in [-0.1, -0.05) is 26.0 Å². The predicted molar refractivity (Wildman–Crippen MR) is 47.5 cm³/mol. The number of rotatable bonds is 2. The Bertz CT molecular complexity index is 270. The van der Waals surface area contributed by atoms with Crippen LogP contribution in [0.5, 0.6) is 0 Å². The smallest absolute Gasteiger partial charge is 0.377 e. The van der Waals surface area contributed by atoms with Gasteiger partial charge < -0.3 is 12.2 Å². The van der Waals surface area contributed by atoms with Crippen LogP contribution in [-0.2, 0) is 15.4 Å². The minimum atomic E-state index is -3.11. The van der Waals surface area contributed by atoms with Crippen LogP contribution in [0, 0.1) is 6.92 Å². The predicted octanol–water partition coefficient (Wildman–Crippen LogP) is -3.10. The Labute approximate surface area is 107 Å². The van der Waals surface area contributed by atoms with E-state index in [0.717, 1.165) is 0 Å². The van der Waals surface area contributed by atoms with Crippen molar-refractivity contribution in [1.29, 1.82) is 0 Å². The Morgan fingerprint density at radius 1 is 1.43 bits per heavy atom. The van der Waals surface area contributed by atoms with E-state index in [9.17, 15) is 4.79 Å². The summed E-state index contributed by atoms with van der Waals surface area (Å²) < 4.78 is 25.3. The average Bonchev–Trinajstić information content (AvgIpc) is 1.82. The molecule has 76 valence electrons. The van der Waals surface area contributed by atoms with E-state index in [4.69, 9.17) is 12.6 Å². The van der Waals surface area contributed by atoms with E-state index in [1.807, 2.05) is 13.8 Å². The van der Waals surface area contributed by atoms with Gasteiger partial charge in [-0.15, -0.1) is 12.6 Å². The first kappa shape index (κ1) is 19.4. The first-order valence-corrected chi connectivity index (χ1v) is 4.25. The van der Waals surface area contributed by atoms with Crippen molar-refractivity contribution in [3.8, 4) is 0 Å². The van der Waals surface area contributed by atoms with Crippen molar-refractivity contribution in [1.82, 2.24) is 5.32 Å². The van der Waals surface area contributed by atoms with E-state index in [0.29, 0.717) is 0 Å². The van der Waals surface area contributed by atoms with Crippen molar-refractivity contribution in [2.75, 3.05) is 0 Å². The molecule has 0 unspecified atom stereocenters. The molecule has 0 aromatic heterocycles. The van der Waals surface area contributed by atoms with Gasteiger partial charge in [0.1, 0.15) is 0 Å². The Hall–Kier alpha value is -0.170. The molecule has 1 N–H and O–H groups in total. The van der Waals surface area contributed by atoms with Crippen molar-refractivity contribution >= 4 is 16.5 Å². The van der Waals surface area contributed by atoms with Gasteiger partial charge in [0.25, 0.3) is 0 Å². The van der Waals surface area contributed by atoms with Crippen LogP contribution in [-0.4, -0.2) is 24.1 Å². The monoisotopic (exact) mass is 229 g/mol. The summed E-state index contributed by atoms with van der Waals surface area (Å²) in [5.74, 6) is -0.185. The molecule has 0 heterocycles. The van der Waals surface area contributed by atoms with E-state index in [2.05, 4.69) is 18.8 Å². The van der Waals surface area contributed by atoms with Crippen LogP contribution >= 0.6 is 0 Å². The zero-order valence-corrected chi connectivity index (χ0v) is 11.3. The Kier molecular flexibility index (Phi) is 13.0. The fraction of sp³-hybridized carbons (Fsp3) is 0.429. The summed E-state index contributed by atoms with van der Waals surface area (Å²) in [4.78, 5) is 10.6. The molecule has 0 aromatic rings. The van der Waals surface area contributed by atoms with Gasteiger partial charge in [-0.05, 0) is 6.08 Å². The summed E-state index contributed by atoms with van der Waals surface area (Å²) in [6.07, 6.45) is 1.23. The van der Waals surface area contributed by atoms with Crippen LogP contribution in [0.1, 0.15) is 13.8 Å². The van der Waals surface area contributed by atoms with Crippen LogP contribution in [0.4, 0.5) is 0 Å². The topological polar surface area (TPSA) is 80.3 Å². The van der Waals surface area contributed by atoms with Crippen molar-refractivity contribution in [3.05, 3.63) is 19.6 Å². The van der Waals surface area contributed by atoms with Gasteiger partial charge in [0.2, 0.25) is 5.91 Å². The Morgan fingerprint density at radius 2 is 1.71 bits per heavy atom. The zero-order valence-electron chi connectivity index (χ0n) is 8.53. The third-order valence-electron chi connectivity index (χ3n) is 0.647. The van der Waals surface area contributed by atoms with Crippen LogP contribution in [0.3, 0.4) is 0 Å². The van der Waals surface area contributed by atoms with Gasteiger partial charge in [0.05, 0.1) is 0 Å². The van der Waals surface area contributed by atoms with Gasteiger partial charge >= 0.3 is 40.2 Å². The SMILES string of the molecule is C=CC(=O)NC([CH2-])(C)C.O=S(=O)=O.[Na+]. The molecule has 0 aliphatic heterocycles. The second-order valence-corrected chi connectivity index (χ2v) is 3.19. The molecule has 0 spiro atoms. The first-order valence-electron chi connectivity index (χ1n) is 3.25. The fourth-order valence-corrected chi connectivity index (χ4v) is 0.385. The van der Waals surface area contributed by atoms with Crippen LogP contribution in [0.15, 0.2) is 12.7 Å². The van der Waals surface area contributed by atoms with Crippen molar-refractivity contribution < 1.29 is 47.0 Å². The maximum absolute atomic E-state index is 10.6. The first-order chi connectivity index (χ1) is 5.69. The Morgan fingerprint density at radius 3 is 1.79 bits per heavy atom. The van der Waals surface area contributed by atoms with E-state index in [1.54, 1.807) is 0 Å². The molecule has 0 saturated heterocycles. The molecule has 7 heteroatoms. The molecule has 0 aliphatic carbocycles. The van der Waals surface area contributed by atoms with E-state index >= 15 is 0 Å². The van der Waals surface area contributed by atoms with Gasteiger partial charge in [0, 0.05) is 0 Å². The van der Waals surface area contributed by atoms with E-state index in [-0.39, 0.29) is 35.5 Å². The average molecular weight is 229 g/mol. The van der Waals surface area contributed by atoms with E-state index in [1.165, 1.54) is 6.08 Å². The molecule has 0 atom stereocenters. The maximum atomic E-state index is 10.6. The van der Waals surface area contributed by atoms with Crippen LogP contribution in [0.2, 0.25) is 0 Å².